The van der Waals surface area contributed by atoms with Gasteiger partial charge in [0, 0.05) is 17.1 Å². The number of fused-ring (bicyclic) bond motifs is 2. The van der Waals surface area contributed by atoms with E-state index in [4.69, 9.17) is 14.7 Å². The van der Waals surface area contributed by atoms with E-state index in [9.17, 15) is 0 Å². The summed E-state index contributed by atoms with van der Waals surface area (Å²) < 4.78 is 9.53. The third-order valence-corrected chi connectivity index (χ3v) is 7.72. The summed E-state index contributed by atoms with van der Waals surface area (Å²) in [4.78, 5) is 9.92. The number of aromatic nitrogens is 2. The first kappa shape index (κ1) is 17.9. The summed E-state index contributed by atoms with van der Waals surface area (Å²) in [5.74, 6) is 0. The number of hydrogen-bond donors (Lipinski definition) is 0. The molecule has 0 radical (unpaired) electrons. The van der Waals surface area contributed by atoms with Crippen LogP contribution >= 0.6 is 38.6 Å². The highest BCUT2D eigenvalue weighted by molar-refractivity contribution is 9.10. The van der Waals surface area contributed by atoms with E-state index in [1.54, 1.807) is 29.8 Å². The monoisotopic (exact) mass is 466 g/mol. The van der Waals surface area contributed by atoms with Gasteiger partial charge in [-0.2, -0.15) is 0 Å². The summed E-state index contributed by atoms with van der Waals surface area (Å²) in [6.07, 6.45) is 0. The van der Waals surface area contributed by atoms with Crippen LogP contribution in [0.2, 0.25) is 0 Å². The Bertz CT molecular complexity index is 1150. The third-order valence-electron chi connectivity index (χ3n) is 4.75. The fourth-order valence-electron chi connectivity index (χ4n) is 3.40. The van der Waals surface area contributed by atoms with Gasteiger partial charge in [0.2, 0.25) is 0 Å². The van der Waals surface area contributed by atoms with Crippen LogP contribution in [0.1, 0.15) is 15.6 Å². The molecule has 3 nitrogen and oxygen atoms in total. The predicted octanol–water partition coefficient (Wildman–Crippen LogP) is 6.61. The minimum atomic E-state index is -0.881. The van der Waals surface area contributed by atoms with E-state index >= 15 is 0 Å². The van der Waals surface area contributed by atoms with Crippen LogP contribution < -0.4 is 0 Å². The second-order valence-corrected chi connectivity index (χ2v) is 9.25. The van der Waals surface area contributed by atoms with E-state index < -0.39 is 5.60 Å². The largest absolute Gasteiger partial charge is 0.359 e. The highest BCUT2D eigenvalue weighted by Gasteiger charge is 2.44. The molecule has 0 spiro atoms. The predicted molar refractivity (Wildman–Crippen MR) is 120 cm³/mol. The molecule has 0 aliphatic carbocycles. The van der Waals surface area contributed by atoms with E-state index in [0.29, 0.717) is 0 Å². The Kier molecular flexibility index (Phi) is 4.51. The molecule has 0 aliphatic heterocycles. The molecule has 2 aromatic heterocycles. The molecule has 3 aromatic carbocycles. The molecule has 5 rings (SSSR count). The Morgan fingerprint density at radius 3 is 1.75 bits per heavy atom. The molecule has 28 heavy (non-hydrogen) atoms. The molecule has 6 heteroatoms. The average Bonchev–Trinajstić information content (AvgIpc) is 3.35. The molecule has 0 N–H and O–H groups in total. The van der Waals surface area contributed by atoms with E-state index in [-0.39, 0.29) is 0 Å². The van der Waals surface area contributed by atoms with Crippen LogP contribution in [-0.2, 0) is 10.3 Å². The van der Waals surface area contributed by atoms with Gasteiger partial charge in [-0.05, 0) is 30.3 Å². The summed E-state index contributed by atoms with van der Waals surface area (Å²) in [5, 5.41) is 1.75. The quantitative estimate of drug-likeness (QED) is 0.299. The van der Waals surface area contributed by atoms with Gasteiger partial charge in [-0.25, -0.2) is 9.97 Å². The first-order valence-electron chi connectivity index (χ1n) is 8.74. The van der Waals surface area contributed by atoms with Gasteiger partial charge < -0.3 is 4.74 Å². The molecular weight excluding hydrogens is 452 g/mol. The van der Waals surface area contributed by atoms with E-state index in [1.807, 2.05) is 54.6 Å². The molecule has 0 atom stereocenters. The molecule has 2 heterocycles. The number of ether oxygens (including phenoxy) is 1. The summed E-state index contributed by atoms with van der Waals surface area (Å²) >= 11 is 7.02. The lowest BCUT2D eigenvalue weighted by Crippen LogP contribution is -2.31. The van der Waals surface area contributed by atoms with Gasteiger partial charge >= 0.3 is 0 Å². The van der Waals surface area contributed by atoms with E-state index in [1.165, 1.54) is 0 Å². The van der Waals surface area contributed by atoms with Crippen LogP contribution in [0.3, 0.4) is 0 Å². The lowest BCUT2D eigenvalue weighted by Gasteiger charge is -2.29. The normalized spacial score (nSPS) is 12.1. The SMILES string of the molecule is COC(c1nc2ccccc2s1)(c1nc2ccccc2s1)c1ccccc1Br. The number of nitrogens with zero attached hydrogens (tertiary/aromatic N) is 2. The van der Waals surface area contributed by atoms with Crippen molar-refractivity contribution in [1.29, 1.82) is 0 Å². The minimum absolute atomic E-state index is 0.877. The zero-order valence-corrected chi connectivity index (χ0v) is 18.1. The van der Waals surface area contributed by atoms with Crippen molar-refractivity contribution < 1.29 is 4.74 Å². The Morgan fingerprint density at radius 2 is 1.25 bits per heavy atom. The number of para-hydroxylation sites is 2. The summed E-state index contributed by atoms with van der Waals surface area (Å²) in [5.41, 5.74) is 2.05. The maximum absolute atomic E-state index is 6.30. The topological polar surface area (TPSA) is 35.0 Å². The molecule has 0 aliphatic rings. The molecule has 0 bridgehead atoms. The van der Waals surface area contributed by atoms with Crippen molar-refractivity contribution in [3.05, 3.63) is 92.8 Å². The van der Waals surface area contributed by atoms with Gasteiger partial charge in [0.1, 0.15) is 10.0 Å². The van der Waals surface area contributed by atoms with Crippen LogP contribution in [0, 0.1) is 0 Å². The number of methoxy groups -OCH3 is 1. The van der Waals surface area contributed by atoms with Crippen molar-refractivity contribution >= 4 is 59.0 Å². The van der Waals surface area contributed by atoms with E-state index in [2.05, 4.69) is 34.1 Å². The van der Waals surface area contributed by atoms with Crippen molar-refractivity contribution in [3.63, 3.8) is 0 Å². The average molecular weight is 467 g/mol. The number of benzene rings is 3. The second-order valence-electron chi connectivity index (χ2n) is 6.34. The van der Waals surface area contributed by atoms with Crippen molar-refractivity contribution in [2.24, 2.45) is 0 Å². The standard InChI is InChI=1S/C22H15BrN2OS2/c1-26-22(14-8-2-3-9-15(14)23,20-24-16-10-4-6-12-18(16)27-20)21-25-17-11-5-7-13-19(17)28-21/h2-13H,1H3. The highest BCUT2D eigenvalue weighted by atomic mass is 79.9. The van der Waals surface area contributed by atoms with Crippen LogP contribution in [0.15, 0.2) is 77.3 Å². The van der Waals surface area contributed by atoms with Gasteiger partial charge in [0.15, 0.2) is 5.60 Å². The van der Waals surface area contributed by atoms with Crippen LogP contribution in [0.4, 0.5) is 0 Å². The molecule has 0 amide bonds. The maximum atomic E-state index is 6.30. The highest BCUT2D eigenvalue weighted by Crippen LogP contribution is 2.47. The smallest absolute Gasteiger partial charge is 0.196 e. The summed E-state index contributed by atoms with van der Waals surface area (Å²) in [6, 6.07) is 24.5. The second kappa shape index (κ2) is 7.04. The number of thiazole rings is 2. The first-order valence-corrected chi connectivity index (χ1v) is 11.2. The fourth-order valence-corrected chi connectivity index (χ4v) is 6.33. The van der Waals surface area contributed by atoms with Crippen LogP contribution in [0.25, 0.3) is 20.4 Å². The first-order chi connectivity index (χ1) is 13.7. The van der Waals surface area contributed by atoms with Gasteiger partial charge in [0.25, 0.3) is 0 Å². The summed E-state index contributed by atoms with van der Waals surface area (Å²) in [7, 11) is 1.73. The van der Waals surface area contributed by atoms with E-state index in [0.717, 1.165) is 40.5 Å². The van der Waals surface area contributed by atoms with Gasteiger partial charge in [-0.1, -0.05) is 58.4 Å². The van der Waals surface area contributed by atoms with Gasteiger partial charge in [-0.15, -0.1) is 22.7 Å². The van der Waals surface area contributed by atoms with Crippen molar-refractivity contribution in [2.45, 2.75) is 5.60 Å². The van der Waals surface area contributed by atoms with Gasteiger partial charge in [-0.3, -0.25) is 0 Å². The lowest BCUT2D eigenvalue weighted by molar-refractivity contribution is 0.0578. The molecule has 0 unspecified atom stereocenters. The van der Waals surface area contributed by atoms with Crippen molar-refractivity contribution in [2.75, 3.05) is 7.11 Å². The van der Waals surface area contributed by atoms with Gasteiger partial charge in [0.05, 0.1) is 20.4 Å². The Balaban J connectivity index is 1.86. The number of rotatable bonds is 4. The zero-order valence-electron chi connectivity index (χ0n) is 14.9. The Morgan fingerprint density at radius 1 is 0.750 bits per heavy atom. The van der Waals surface area contributed by atoms with Crippen molar-refractivity contribution in [3.8, 4) is 0 Å². The number of hydrogen-bond acceptors (Lipinski definition) is 5. The lowest BCUT2D eigenvalue weighted by atomic mass is 9.94. The van der Waals surface area contributed by atoms with Crippen LogP contribution in [-0.4, -0.2) is 17.1 Å². The van der Waals surface area contributed by atoms with Crippen molar-refractivity contribution in [1.82, 2.24) is 9.97 Å². The fraction of sp³-hybridized carbons (Fsp3) is 0.0909. The van der Waals surface area contributed by atoms with Crippen LogP contribution in [0.5, 0.6) is 0 Å². The molecule has 0 saturated carbocycles. The molecular formula is C22H15BrN2OS2. The third kappa shape index (κ3) is 2.71. The Labute approximate surface area is 178 Å². The summed E-state index contributed by atoms with van der Waals surface area (Å²) in [6.45, 7) is 0. The maximum Gasteiger partial charge on any atom is 0.196 e. The molecule has 0 fully saturated rings. The number of halogens is 1. The molecule has 138 valence electrons. The Hall–Kier alpha value is -2.12. The minimum Gasteiger partial charge on any atom is -0.359 e. The zero-order chi connectivity index (χ0) is 19.1. The molecule has 0 saturated heterocycles. The molecule has 5 aromatic rings.